The van der Waals surface area contributed by atoms with Gasteiger partial charge in [0.15, 0.2) is 0 Å². The Hall–Kier alpha value is -4.46. The first-order valence-electron chi connectivity index (χ1n) is 13.3. The molecule has 224 valence electrons. The van der Waals surface area contributed by atoms with E-state index in [4.69, 9.17) is 16.6 Å². The molecular weight excluding hydrogens is 536 g/mol. The molecule has 4 amide bonds. The minimum Gasteiger partial charge on any atom is -0.481 e. The average molecular weight is 575 g/mol. The van der Waals surface area contributed by atoms with E-state index >= 15 is 0 Å². The van der Waals surface area contributed by atoms with Crippen LogP contribution in [0.5, 0.6) is 0 Å². The summed E-state index contributed by atoms with van der Waals surface area (Å²) in [5, 5.41) is 26.7. The Morgan fingerprint density at radius 3 is 2.17 bits per heavy atom. The maximum absolute atomic E-state index is 13.6. The number of aromatic nitrogens is 1. The van der Waals surface area contributed by atoms with Crippen molar-refractivity contribution in [2.45, 2.75) is 76.5 Å². The first kappa shape index (κ1) is 32.8. The number of hydrogen-bond acceptors (Lipinski definition) is 7. The van der Waals surface area contributed by atoms with Gasteiger partial charge >= 0.3 is 11.9 Å². The number of benzene rings is 1. The number of H-pyrrole nitrogens is 1. The molecule has 1 aromatic carbocycles. The van der Waals surface area contributed by atoms with Gasteiger partial charge in [-0.2, -0.15) is 0 Å². The van der Waals surface area contributed by atoms with Crippen LogP contribution in [0.25, 0.3) is 10.9 Å². The maximum atomic E-state index is 13.6. The Morgan fingerprint density at radius 2 is 1.56 bits per heavy atom. The molecule has 14 nitrogen and oxygen atoms in total. The maximum Gasteiger partial charge on any atom is 0.326 e. The lowest BCUT2D eigenvalue weighted by molar-refractivity contribution is -0.143. The normalized spacial score (nSPS) is 14.7. The van der Waals surface area contributed by atoms with Crippen molar-refractivity contribution in [3.05, 3.63) is 36.0 Å². The molecule has 0 saturated heterocycles. The zero-order chi connectivity index (χ0) is 30.7. The second-order valence-corrected chi connectivity index (χ2v) is 9.94. The lowest BCUT2D eigenvalue weighted by atomic mass is 9.96. The van der Waals surface area contributed by atoms with Gasteiger partial charge in [0.05, 0.1) is 6.04 Å². The quantitative estimate of drug-likeness (QED) is 0.124. The average Bonchev–Trinajstić information content (AvgIpc) is 3.33. The Labute approximate surface area is 236 Å². The molecule has 0 fully saturated rings. The third-order valence-corrected chi connectivity index (χ3v) is 6.83. The molecule has 41 heavy (non-hydrogen) atoms. The third-order valence-electron chi connectivity index (χ3n) is 6.83. The van der Waals surface area contributed by atoms with E-state index in [2.05, 4.69) is 20.9 Å². The summed E-state index contributed by atoms with van der Waals surface area (Å²) >= 11 is 0. The number of carbonyl (C=O) groups is 6. The van der Waals surface area contributed by atoms with Crippen LogP contribution in [0.4, 0.5) is 0 Å². The highest BCUT2D eigenvalue weighted by molar-refractivity contribution is 5.95. The fourth-order valence-corrected chi connectivity index (χ4v) is 4.18. The van der Waals surface area contributed by atoms with E-state index in [1.54, 1.807) is 20.0 Å². The fraction of sp³-hybridized carbons (Fsp3) is 0.481. The highest BCUT2D eigenvalue weighted by atomic mass is 16.4. The monoisotopic (exact) mass is 574 g/mol. The Kier molecular flexibility index (Phi) is 12.3. The van der Waals surface area contributed by atoms with E-state index < -0.39 is 72.1 Å². The van der Waals surface area contributed by atoms with Gasteiger partial charge in [-0.25, -0.2) is 4.79 Å². The van der Waals surface area contributed by atoms with Crippen LogP contribution in [-0.2, 0) is 35.2 Å². The molecule has 0 aliphatic heterocycles. The number of carboxylic acid groups (broad SMARTS) is 2. The summed E-state index contributed by atoms with van der Waals surface area (Å²) in [4.78, 5) is 76.3. The van der Waals surface area contributed by atoms with Crippen molar-refractivity contribution in [1.82, 2.24) is 20.9 Å². The largest absolute Gasteiger partial charge is 0.481 e. The standard InChI is InChI=1S/C27H38N6O8/c1-3-14(2)23(26(39)31-19(27(40)41)9-11-22(35)36)33-25(38)20(32-24(37)17(28)8-10-21(29)34)12-15-13-30-18-7-5-4-6-16(15)18/h4-7,13-14,17,19-20,23,30H,3,8-12,28H2,1-2H3,(H2,29,34)(H,31,39)(H,32,37)(H,33,38)(H,35,36)(H,40,41). The Bertz CT molecular complexity index is 1260. The molecule has 0 saturated carbocycles. The zero-order valence-electron chi connectivity index (χ0n) is 23.0. The Morgan fingerprint density at radius 1 is 0.902 bits per heavy atom. The van der Waals surface area contributed by atoms with Crippen molar-refractivity contribution >= 4 is 46.5 Å². The summed E-state index contributed by atoms with van der Waals surface area (Å²) in [6, 6.07) is 2.36. The van der Waals surface area contributed by atoms with E-state index in [0.717, 1.165) is 10.9 Å². The smallest absolute Gasteiger partial charge is 0.326 e. The molecule has 5 unspecified atom stereocenters. The van der Waals surface area contributed by atoms with E-state index in [1.165, 1.54) is 0 Å². The van der Waals surface area contributed by atoms with Crippen molar-refractivity contribution in [3.63, 3.8) is 0 Å². The summed E-state index contributed by atoms with van der Waals surface area (Å²) in [6.07, 6.45) is 1.16. The highest BCUT2D eigenvalue weighted by Gasteiger charge is 2.33. The topological polar surface area (TPSA) is 247 Å². The zero-order valence-corrected chi connectivity index (χ0v) is 23.0. The van der Waals surface area contributed by atoms with Crippen LogP contribution in [0, 0.1) is 5.92 Å². The number of aromatic amines is 1. The molecule has 1 aromatic heterocycles. The fourth-order valence-electron chi connectivity index (χ4n) is 4.18. The summed E-state index contributed by atoms with van der Waals surface area (Å²) < 4.78 is 0. The van der Waals surface area contributed by atoms with Gasteiger partial charge in [0.25, 0.3) is 0 Å². The van der Waals surface area contributed by atoms with E-state index in [1.807, 2.05) is 24.3 Å². The van der Waals surface area contributed by atoms with Crippen molar-refractivity contribution in [1.29, 1.82) is 0 Å². The number of fused-ring (bicyclic) bond motifs is 1. The van der Waals surface area contributed by atoms with Crippen molar-refractivity contribution in [3.8, 4) is 0 Å². The van der Waals surface area contributed by atoms with Gasteiger partial charge in [-0.3, -0.25) is 24.0 Å². The number of primary amides is 1. The van der Waals surface area contributed by atoms with Gasteiger partial charge in [0, 0.05) is 36.4 Å². The van der Waals surface area contributed by atoms with Crippen molar-refractivity contribution in [2.24, 2.45) is 17.4 Å². The molecule has 0 bridgehead atoms. The predicted molar refractivity (Wildman–Crippen MR) is 148 cm³/mol. The predicted octanol–water partition coefficient (Wildman–Crippen LogP) is -0.247. The number of carboxylic acids is 2. The van der Waals surface area contributed by atoms with Crippen molar-refractivity contribution in [2.75, 3.05) is 0 Å². The van der Waals surface area contributed by atoms with E-state index in [-0.39, 0.29) is 25.7 Å². The highest BCUT2D eigenvalue weighted by Crippen LogP contribution is 2.20. The second-order valence-electron chi connectivity index (χ2n) is 9.94. The van der Waals surface area contributed by atoms with Crippen LogP contribution in [-0.4, -0.2) is 74.9 Å². The van der Waals surface area contributed by atoms with E-state index in [9.17, 15) is 33.9 Å². The molecule has 1 heterocycles. The van der Waals surface area contributed by atoms with Gasteiger partial charge in [0.2, 0.25) is 23.6 Å². The van der Waals surface area contributed by atoms with Crippen LogP contribution in [0.3, 0.4) is 0 Å². The van der Waals surface area contributed by atoms with Crippen LogP contribution in [0.2, 0.25) is 0 Å². The number of carbonyl (C=O) groups excluding carboxylic acids is 4. The minimum atomic E-state index is -1.48. The minimum absolute atomic E-state index is 0.0231. The number of hydrogen-bond donors (Lipinski definition) is 8. The van der Waals surface area contributed by atoms with Gasteiger partial charge in [0.1, 0.15) is 18.1 Å². The van der Waals surface area contributed by atoms with Crippen LogP contribution < -0.4 is 27.4 Å². The summed E-state index contributed by atoms with van der Waals surface area (Å²) in [7, 11) is 0. The lowest BCUT2D eigenvalue weighted by Gasteiger charge is -2.28. The number of aliphatic carboxylic acids is 2. The van der Waals surface area contributed by atoms with Gasteiger partial charge in [-0.05, 0) is 30.4 Å². The first-order chi connectivity index (χ1) is 19.3. The van der Waals surface area contributed by atoms with Gasteiger partial charge in [-0.1, -0.05) is 38.5 Å². The molecule has 10 N–H and O–H groups in total. The van der Waals surface area contributed by atoms with Gasteiger partial charge < -0.3 is 42.6 Å². The van der Waals surface area contributed by atoms with Gasteiger partial charge in [-0.15, -0.1) is 0 Å². The number of para-hydroxylation sites is 1. The van der Waals surface area contributed by atoms with E-state index in [0.29, 0.717) is 12.0 Å². The third kappa shape index (κ3) is 9.90. The van der Waals surface area contributed by atoms with Crippen LogP contribution in [0.1, 0.15) is 51.5 Å². The Balaban J connectivity index is 2.30. The molecule has 2 rings (SSSR count). The SMILES string of the molecule is CCC(C)C(NC(=O)C(Cc1c[nH]c2ccccc12)NC(=O)C(N)CCC(N)=O)C(=O)NC(CCC(=O)O)C(=O)O. The number of nitrogens with one attached hydrogen (secondary N) is 4. The molecule has 0 aliphatic rings. The molecule has 0 aliphatic carbocycles. The second kappa shape index (κ2) is 15.4. The molecule has 0 radical (unpaired) electrons. The summed E-state index contributed by atoms with van der Waals surface area (Å²) in [5.74, 6) is -5.94. The number of nitrogens with two attached hydrogens (primary N) is 2. The van der Waals surface area contributed by atoms with Crippen LogP contribution >= 0.6 is 0 Å². The summed E-state index contributed by atoms with van der Waals surface area (Å²) in [6.45, 7) is 3.46. The number of rotatable bonds is 17. The summed E-state index contributed by atoms with van der Waals surface area (Å²) in [5.41, 5.74) is 12.6. The van der Waals surface area contributed by atoms with Crippen molar-refractivity contribution < 1.29 is 39.0 Å². The first-order valence-corrected chi connectivity index (χ1v) is 13.3. The molecule has 2 aromatic rings. The lowest BCUT2D eigenvalue weighted by Crippen LogP contribution is -2.59. The molecule has 0 spiro atoms. The molecule has 14 heteroatoms. The molecular formula is C27H38N6O8. The number of amides is 4. The molecule has 5 atom stereocenters. The van der Waals surface area contributed by atoms with Crippen LogP contribution in [0.15, 0.2) is 30.5 Å².